The van der Waals surface area contributed by atoms with Crippen molar-refractivity contribution in [1.29, 1.82) is 0 Å². The van der Waals surface area contributed by atoms with Crippen molar-refractivity contribution in [3.63, 3.8) is 0 Å². The fraction of sp³-hybridized carbons (Fsp3) is 0.733. The van der Waals surface area contributed by atoms with E-state index in [1.165, 1.54) is 69.1 Å². The molecular weight excluding hydrogens is 196 g/mol. The molecular formula is C15H24O. The van der Waals surface area contributed by atoms with Gasteiger partial charge in [-0.05, 0) is 37.8 Å². The number of fused-ring (bicyclic) bond motifs is 1. The number of rotatable bonds is 0. The largest absolute Gasteiger partial charge is 0.466 e. The maximum Gasteiger partial charge on any atom is 0.107 e. The summed E-state index contributed by atoms with van der Waals surface area (Å²) in [6.07, 6.45) is 13.5. The lowest BCUT2D eigenvalue weighted by Crippen LogP contribution is -1.93. The Labute approximate surface area is 99.2 Å². The first-order valence-electron chi connectivity index (χ1n) is 6.94. The van der Waals surface area contributed by atoms with Crippen molar-refractivity contribution in [1.82, 2.24) is 0 Å². The molecule has 1 aromatic rings. The molecule has 1 aromatic heterocycles. The van der Waals surface area contributed by atoms with E-state index in [0.29, 0.717) is 0 Å². The normalized spacial score (nSPS) is 19.6. The average Bonchev–Trinajstić information content (AvgIpc) is 2.59. The molecule has 0 N–H and O–H groups in total. The fourth-order valence-corrected chi connectivity index (χ4v) is 2.70. The maximum atomic E-state index is 5.81. The van der Waals surface area contributed by atoms with Crippen LogP contribution in [-0.4, -0.2) is 0 Å². The Morgan fingerprint density at radius 2 is 1.38 bits per heavy atom. The zero-order valence-corrected chi connectivity index (χ0v) is 10.6. The summed E-state index contributed by atoms with van der Waals surface area (Å²) in [6.45, 7) is 2.07. The van der Waals surface area contributed by atoms with Gasteiger partial charge in [0.1, 0.15) is 11.5 Å². The third-order valence-corrected chi connectivity index (χ3v) is 3.62. The third-order valence-electron chi connectivity index (χ3n) is 3.62. The van der Waals surface area contributed by atoms with E-state index < -0.39 is 0 Å². The Balaban J connectivity index is 1.99. The monoisotopic (exact) mass is 220 g/mol. The minimum absolute atomic E-state index is 1.10. The van der Waals surface area contributed by atoms with Gasteiger partial charge < -0.3 is 4.42 Å². The summed E-state index contributed by atoms with van der Waals surface area (Å²) in [5, 5.41) is 0. The summed E-state index contributed by atoms with van der Waals surface area (Å²) in [6, 6.07) is 2.25. The summed E-state index contributed by atoms with van der Waals surface area (Å²) in [5.74, 6) is 2.37. The van der Waals surface area contributed by atoms with Crippen LogP contribution in [-0.2, 0) is 12.8 Å². The second-order valence-corrected chi connectivity index (χ2v) is 5.13. The van der Waals surface area contributed by atoms with Crippen LogP contribution in [0, 0.1) is 6.92 Å². The van der Waals surface area contributed by atoms with Crippen molar-refractivity contribution >= 4 is 0 Å². The molecule has 16 heavy (non-hydrogen) atoms. The van der Waals surface area contributed by atoms with Crippen molar-refractivity contribution in [3.8, 4) is 0 Å². The highest BCUT2D eigenvalue weighted by Crippen LogP contribution is 2.22. The molecule has 0 atom stereocenters. The molecule has 0 spiro atoms. The van der Waals surface area contributed by atoms with Gasteiger partial charge in [0.15, 0.2) is 0 Å². The van der Waals surface area contributed by atoms with Gasteiger partial charge in [0.25, 0.3) is 0 Å². The van der Waals surface area contributed by atoms with E-state index in [-0.39, 0.29) is 0 Å². The van der Waals surface area contributed by atoms with Crippen LogP contribution in [0.25, 0.3) is 0 Å². The maximum absolute atomic E-state index is 5.81. The summed E-state index contributed by atoms with van der Waals surface area (Å²) >= 11 is 0. The molecule has 0 saturated carbocycles. The van der Waals surface area contributed by atoms with Gasteiger partial charge in [-0.2, -0.15) is 0 Å². The average molecular weight is 220 g/mol. The smallest absolute Gasteiger partial charge is 0.107 e. The molecule has 0 saturated heterocycles. The zero-order chi connectivity index (χ0) is 11.2. The molecule has 0 fully saturated rings. The molecule has 0 aliphatic heterocycles. The first-order chi connectivity index (χ1) is 7.86. The number of aryl methyl sites for hydroxylation is 3. The van der Waals surface area contributed by atoms with Gasteiger partial charge in [0.2, 0.25) is 0 Å². The van der Waals surface area contributed by atoms with E-state index in [1.54, 1.807) is 0 Å². The molecule has 1 heterocycles. The van der Waals surface area contributed by atoms with Crippen molar-refractivity contribution in [2.75, 3.05) is 0 Å². The van der Waals surface area contributed by atoms with Crippen LogP contribution in [0.4, 0.5) is 0 Å². The quantitative estimate of drug-likeness (QED) is 0.611. The lowest BCUT2D eigenvalue weighted by Gasteiger charge is -2.06. The Kier molecular flexibility index (Phi) is 4.50. The first kappa shape index (κ1) is 11.8. The molecule has 1 aliphatic rings. The van der Waals surface area contributed by atoms with Gasteiger partial charge in [-0.1, -0.05) is 38.5 Å². The Morgan fingerprint density at radius 1 is 0.812 bits per heavy atom. The summed E-state index contributed by atoms with van der Waals surface area (Å²) in [7, 11) is 0. The first-order valence-corrected chi connectivity index (χ1v) is 6.94. The summed E-state index contributed by atoms with van der Waals surface area (Å²) in [5.41, 5.74) is 1.48. The number of hydrogen-bond acceptors (Lipinski definition) is 1. The molecule has 1 aliphatic carbocycles. The van der Waals surface area contributed by atoms with Gasteiger partial charge in [-0.15, -0.1) is 0 Å². The van der Waals surface area contributed by atoms with E-state index in [9.17, 15) is 0 Å². The highest BCUT2D eigenvalue weighted by atomic mass is 16.3. The molecule has 1 nitrogen and oxygen atoms in total. The highest BCUT2D eigenvalue weighted by Gasteiger charge is 2.09. The van der Waals surface area contributed by atoms with Crippen molar-refractivity contribution in [3.05, 3.63) is 23.2 Å². The van der Waals surface area contributed by atoms with Crippen LogP contribution in [0.5, 0.6) is 0 Å². The van der Waals surface area contributed by atoms with Gasteiger partial charge in [0.05, 0.1) is 0 Å². The molecule has 1 heteroatoms. The van der Waals surface area contributed by atoms with Crippen LogP contribution in [0.2, 0.25) is 0 Å². The van der Waals surface area contributed by atoms with E-state index in [2.05, 4.69) is 13.0 Å². The van der Waals surface area contributed by atoms with Gasteiger partial charge >= 0.3 is 0 Å². The van der Waals surface area contributed by atoms with Gasteiger partial charge in [-0.3, -0.25) is 0 Å². The van der Waals surface area contributed by atoms with E-state index in [4.69, 9.17) is 4.42 Å². The third kappa shape index (κ3) is 3.40. The molecule has 90 valence electrons. The molecule has 0 radical (unpaired) electrons. The van der Waals surface area contributed by atoms with Crippen molar-refractivity contribution in [2.24, 2.45) is 0 Å². The standard InChI is InChI=1S/C15H24O/c1-13-12-14-10-8-6-4-2-3-5-7-9-11-15(14)16-13/h12H,2-11H2,1H3. The summed E-state index contributed by atoms with van der Waals surface area (Å²) in [4.78, 5) is 0. The van der Waals surface area contributed by atoms with Crippen LogP contribution in [0.3, 0.4) is 0 Å². The number of furan rings is 1. The van der Waals surface area contributed by atoms with E-state index in [0.717, 1.165) is 12.2 Å². The Bertz CT molecular complexity index is 282. The minimum Gasteiger partial charge on any atom is -0.466 e. The molecule has 0 amide bonds. The topological polar surface area (TPSA) is 13.1 Å². The highest BCUT2D eigenvalue weighted by molar-refractivity contribution is 5.21. The van der Waals surface area contributed by atoms with Crippen LogP contribution in [0.1, 0.15) is 68.5 Å². The number of hydrogen-bond donors (Lipinski definition) is 0. The van der Waals surface area contributed by atoms with Crippen LogP contribution in [0.15, 0.2) is 10.5 Å². The molecule has 2 rings (SSSR count). The molecule has 0 unspecified atom stereocenters. The van der Waals surface area contributed by atoms with Crippen LogP contribution >= 0.6 is 0 Å². The zero-order valence-electron chi connectivity index (χ0n) is 10.6. The van der Waals surface area contributed by atoms with Crippen molar-refractivity contribution in [2.45, 2.75) is 71.1 Å². The van der Waals surface area contributed by atoms with E-state index >= 15 is 0 Å². The van der Waals surface area contributed by atoms with Gasteiger partial charge in [0, 0.05) is 6.42 Å². The predicted octanol–water partition coefficient (Wildman–Crippen LogP) is 4.81. The van der Waals surface area contributed by atoms with Crippen molar-refractivity contribution < 1.29 is 4.42 Å². The Hall–Kier alpha value is -0.720. The lowest BCUT2D eigenvalue weighted by atomic mass is 10.00. The minimum atomic E-state index is 1.10. The fourth-order valence-electron chi connectivity index (χ4n) is 2.70. The lowest BCUT2D eigenvalue weighted by molar-refractivity contribution is 0.461. The molecule has 0 aromatic carbocycles. The summed E-state index contributed by atoms with van der Waals surface area (Å²) < 4.78 is 5.81. The second-order valence-electron chi connectivity index (χ2n) is 5.13. The van der Waals surface area contributed by atoms with Crippen LogP contribution < -0.4 is 0 Å². The predicted molar refractivity (Wildman–Crippen MR) is 67.8 cm³/mol. The Morgan fingerprint density at radius 3 is 2.06 bits per heavy atom. The van der Waals surface area contributed by atoms with E-state index in [1.807, 2.05) is 0 Å². The van der Waals surface area contributed by atoms with Gasteiger partial charge in [-0.25, -0.2) is 0 Å². The second kappa shape index (κ2) is 6.12. The molecule has 0 bridgehead atoms. The SMILES string of the molecule is Cc1cc2c(o1)CCCCCCCCCC2.